The van der Waals surface area contributed by atoms with Crippen LogP contribution in [0.3, 0.4) is 0 Å². The van der Waals surface area contributed by atoms with E-state index in [0.717, 1.165) is 6.42 Å². The Morgan fingerprint density at radius 2 is 2.56 bits per heavy atom. The second kappa shape index (κ2) is 2.67. The van der Waals surface area contributed by atoms with Gasteiger partial charge in [0.25, 0.3) is 0 Å². The third-order valence-electron chi connectivity index (χ3n) is 1.69. The van der Waals surface area contributed by atoms with Crippen LogP contribution in [0.25, 0.3) is 0 Å². The molecule has 2 nitrogen and oxygen atoms in total. The first kappa shape index (κ1) is 5.69. The molecule has 9 heavy (non-hydrogen) atoms. The van der Waals surface area contributed by atoms with E-state index >= 15 is 0 Å². The van der Waals surface area contributed by atoms with Gasteiger partial charge in [0, 0.05) is 14.9 Å². The van der Waals surface area contributed by atoms with E-state index in [1.54, 1.807) is 7.11 Å². The van der Waals surface area contributed by atoms with E-state index < -0.39 is 0 Å². The van der Waals surface area contributed by atoms with E-state index in [-0.39, 0.29) is 18.3 Å². The monoisotopic (exact) mass is 131 g/mol. The number of ether oxygens (including phenoxy) is 2. The van der Waals surface area contributed by atoms with Crippen LogP contribution in [0.4, 0.5) is 0 Å². The predicted octanol–water partition coefficient (Wildman–Crippen LogP) is 1.20. The molecule has 1 aliphatic rings. The van der Waals surface area contributed by atoms with Gasteiger partial charge in [-0.1, -0.05) is 0 Å². The zero-order valence-electron chi connectivity index (χ0n) is 6.96. The molecule has 0 unspecified atom stereocenters. The van der Waals surface area contributed by atoms with Gasteiger partial charge in [-0.2, -0.15) is 0 Å². The number of rotatable bonds is 1. The summed E-state index contributed by atoms with van der Waals surface area (Å²) < 4.78 is 17.7. The first-order valence-corrected chi connectivity index (χ1v) is 3.25. The molecule has 54 valence electrons. The van der Waals surface area contributed by atoms with Crippen molar-refractivity contribution < 1.29 is 10.8 Å². The molecule has 1 aliphatic heterocycles. The molecule has 0 aromatic rings. The van der Waals surface area contributed by atoms with Crippen molar-refractivity contribution in [2.45, 2.75) is 38.6 Å². The normalized spacial score (nSPS) is 45.1. The molecule has 0 amide bonds. The van der Waals surface area contributed by atoms with Crippen molar-refractivity contribution in [2.75, 3.05) is 7.11 Å². The highest BCUT2D eigenvalue weighted by atomic mass is 16.6. The van der Waals surface area contributed by atoms with Crippen molar-refractivity contribution in [3.8, 4) is 0 Å². The van der Waals surface area contributed by atoms with Gasteiger partial charge >= 0.3 is 0 Å². The fourth-order valence-electron chi connectivity index (χ4n) is 1.17. The molecule has 0 aliphatic carbocycles. The molecule has 1 rings (SSSR count). The second-order valence-corrected chi connectivity index (χ2v) is 2.50. The maximum Gasteiger partial charge on any atom is 0.0854 e. The van der Waals surface area contributed by atoms with Crippen LogP contribution in [0.2, 0.25) is 0 Å². The SMILES string of the molecule is [2H]C[C@H]1O[C@@H](C)C[C@H]1OC. The molecule has 1 heterocycles. The Balaban J connectivity index is 2.41. The molecule has 0 radical (unpaired) electrons. The second-order valence-electron chi connectivity index (χ2n) is 2.50. The van der Waals surface area contributed by atoms with Gasteiger partial charge in [0.15, 0.2) is 0 Å². The summed E-state index contributed by atoms with van der Waals surface area (Å²) in [6.07, 6.45) is 1.34. The van der Waals surface area contributed by atoms with Crippen molar-refractivity contribution in [3.05, 3.63) is 0 Å². The lowest BCUT2D eigenvalue weighted by atomic mass is 10.2. The summed E-state index contributed by atoms with van der Waals surface area (Å²) in [7, 11) is 1.68. The largest absolute Gasteiger partial charge is 0.379 e. The molecule has 1 saturated heterocycles. The van der Waals surface area contributed by atoms with E-state index in [2.05, 4.69) is 0 Å². The van der Waals surface area contributed by atoms with E-state index in [9.17, 15) is 0 Å². The molecule has 1 fully saturated rings. The Morgan fingerprint density at radius 1 is 1.78 bits per heavy atom. The summed E-state index contributed by atoms with van der Waals surface area (Å²) >= 11 is 0. The average molecular weight is 131 g/mol. The van der Waals surface area contributed by atoms with Gasteiger partial charge in [-0.3, -0.25) is 0 Å². The number of hydrogen-bond donors (Lipinski definition) is 0. The maximum atomic E-state index is 7.12. The molecule has 0 aromatic heterocycles. The van der Waals surface area contributed by atoms with Crippen molar-refractivity contribution >= 4 is 0 Å². The van der Waals surface area contributed by atoms with Crippen LogP contribution in [-0.2, 0) is 9.47 Å². The zero-order chi connectivity index (χ0) is 7.56. The molecule has 0 bridgehead atoms. The van der Waals surface area contributed by atoms with Crippen LogP contribution in [0.1, 0.15) is 21.6 Å². The van der Waals surface area contributed by atoms with Crippen molar-refractivity contribution in [1.29, 1.82) is 0 Å². The summed E-state index contributed by atoms with van der Waals surface area (Å²) in [6, 6.07) is 0. The van der Waals surface area contributed by atoms with Crippen LogP contribution >= 0.6 is 0 Å². The lowest BCUT2D eigenvalue weighted by molar-refractivity contribution is 0.0103. The number of methoxy groups -OCH3 is 1. The Bertz CT molecular complexity index is 95.8. The highest BCUT2D eigenvalue weighted by Crippen LogP contribution is 2.21. The Morgan fingerprint density at radius 3 is 3.00 bits per heavy atom. The number of hydrogen-bond acceptors (Lipinski definition) is 2. The maximum absolute atomic E-state index is 7.12. The summed E-state index contributed by atoms with van der Waals surface area (Å²) in [5.74, 6) is 0. The zero-order valence-corrected chi connectivity index (χ0v) is 5.96. The van der Waals surface area contributed by atoms with Crippen LogP contribution in [0.5, 0.6) is 0 Å². The molecule has 2 heteroatoms. The highest BCUT2D eigenvalue weighted by Gasteiger charge is 2.28. The fraction of sp³-hybridized carbons (Fsp3) is 1.00. The van der Waals surface area contributed by atoms with Gasteiger partial charge in [0.1, 0.15) is 0 Å². The summed E-state index contributed by atoms with van der Waals surface area (Å²) in [6.45, 7) is 2.32. The van der Waals surface area contributed by atoms with Gasteiger partial charge in [0.05, 0.1) is 18.3 Å². The van der Waals surface area contributed by atoms with Gasteiger partial charge in [0.2, 0.25) is 0 Å². The summed E-state index contributed by atoms with van der Waals surface area (Å²) in [5, 5.41) is 0. The minimum absolute atomic E-state index is 0.000000000000000444. The minimum atomic E-state index is -0.000000000000000444. The van der Waals surface area contributed by atoms with E-state index in [4.69, 9.17) is 10.8 Å². The quantitative estimate of drug-likeness (QED) is 0.532. The minimum Gasteiger partial charge on any atom is -0.379 e. The van der Waals surface area contributed by atoms with Gasteiger partial charge < -0.3 is 9.47 Å². The Hall–Kier alpha value is -0.0800. The molecule has 0 aromatic carbocycles. The Kier molecular flexibility index (Phi) is 1.69. The van der Waals surface area contributed by atoms with Crippen LogP contribution in [0.15, 0.2) is 0 Å². The van der Waals surface area contributed by atoms with Gasteiger partial charge in [-0.15, -0.1) is 0 Å². The first-order valence-electron chi connectivity index (χ1n) is 3.96. The topological polar surface area (TPSA) is 18.5 Å². The summed E-state index contributed by atoms with van der Waals surface area (Å²) in [4.78, 5) is 0. The smallest absolute Gasteiger partial charge is 0.0854 e. The van der Waals surface area contributed by atoms with Crippen molar-refractivity contribution in [2.24, 2.45) is 0 Å². The van der Waals surface area contributed by atoms with Crippen LogP contribution in [0, 0.1) is 0 Å². The first-order chi connectivity index (χ1) is 4.77. The molecular weight excluding hydrogens is 116 g/mol. The highest BCUT2D eigenvalue weighted by molar-refractivity contribution is 4.77. The standard InChI is InChI=1S/C7H14O2/c1-5-4-7(8-3)6(2)9-5/h5-7H,4H2,1-3H3/t5-,6+,7+/m0/s1/i2D. The molecule has 3 atom stereocenters. The molecule has 0 spiro atoms. The van der Waals surface area contributed by atoms with E-state index in [0.29, 0.717) is 6.90 Å². The molecular formula is C7H14O2. The van der Waals surface area contributed by atoms with Crippen molar-refractivity contribution in [1.82, 2.24) is 0 Å². The van der Waals surface area contributed by atoms with E-state index in [1.807, 2.05) is 6.92 Å². The van der Waals surface area contributed by atoms with Gasteiger partial charge in [-0.05, 0) is 13.8 Å². The molecule has 0 saturated carbocycles. The van der Waals surface area contributed by atoms with E-state index in [1.165, 1.54) is 0 Å². The summed E-state index contributed by atoms with van der Waals surface area (Å²) in [5.41, 5.74) is 0. The lowest BCUT2D eigenvalue weighted by Gasteiger charge is -2.10. The fourth-order valence-corrected chi connectivity index (χ4v) is 1.17. The van der Waals surface area contributed by atoms with Gasteiger partial charge in [-0.25, -0.2) is 0 Å². The Labute approximate surface area is 57.6 Å². The third-order valence-corrected chi connectivity index (χ3v) is 1.69. The van der Waals surface area contributed by atoms with Crippen molar-refractivity contribution in [3.63, 3.8) is 0 Å². The van der Waals surface area contributed by atoms with Crippen LogP contribution in [-0.4, -0.2) is 25.4 Å². The molecule has 0 N–H and O–H groups in total. The third kappa shape index (κ3) is 1.43. The lowest BCUT2D eigenvalue weighted by Crippen LogP contribution is -2.18. The average Bonchev–Trinajstić information content (AvgIpc) is 2.30. The van der Waals surface area contributed by atoms with Crippen LogP contribution < -0.4 is 0 Å². The predicted molar refractivity (Wildman–Crippen MR) is 35.4 cm³/mol.